The Morgan fingerprint density at radius 2 is 1.86 bits per heavy atom. The molecule has 0 unspecified atom stereocenters. The fourth-order valence-electron chi connectivity index (χ4n) is 1.93. The van der Waals surface area contributed by atoms with Gasteiger partial charge in [-0.15, -0.1) is 0 Å². The van der Waals surface area contributed by atoms with Crippen LogP contribution in [0.2, 0.25) is 18.1 Å². The number of hydrogen-bond donors (Lipinski definition) is 0. The zero-order valence-electron chi connectivity index (χ0n) is 14.4. The van der Waals surface area contributed by atoms with E-state index in [1.165, 1.54) is 11.1 Å². The quantitative estimate of drug-likeness (QED) is 0.582. The van der Waals surface area contributed by atoms with Crippen molar-refractivity contribution in [2.24, 2.45) is 0 Å². The van der Waals surface area contributed by atoms with Gasteiger partial charge < -0.3 is 9.16 Å². The van der Waals surface area contributed by atoms with Gasteiger partial charge in [-0.3, -0.25) is 0 Å². The van der Waals surface area contributed by atoms with E-state index in [-0.39, 0.29) is 11.1 Å². The molecule has 21 heavy (non-hydrogen) atoms. The van der Waals surface area contributed by atoms with Crippen LogP contribution < -0.4 is 0 Å². The smallest absolute Gasteiger partial charge is 0.192 e. The lowest BCUT2D eigenvalue weighted by molar-refractivity contribution is 0.0222. The van der Waals surface area contributed by atoms with Gasteiger partial charge in [0.25, 0.3) is 0 Å². The zero-order chi connectivity index (χ0) is 16.3. The lowest BCUT2D eigenvalue weighted by Gasteiger charge is -2.37. The molecule has 0 aliphatic rings. The summed E-state index contributed by atoms with van der Waals surface area (Å²) in [6, 6.07) is 6.34. The van der Waals surface area contributed by atoms with Gasteiger partial charge in [0.05, 0.1) is 6.61 Å². The lowest BCUT2D eigenvalue weighted by Crippen LogP contribution is -2.42. The average Bonchev–Trinajstić information content (AvgIpc) is 2.33. The molecule has 0 bridgehead atoms. The van der Waals surface area contributed by atoms with Gasteiger partial charge in [0.1, 0.15) is 6.10 Å². The highest BCUT2D eigenvalue weighted by Crippen LogP contribution is 2.37. The Hall–Kier alpha value is -0.163. The first-order chi connectivity index (χ1) is 9.58. The Balaban J connectivity index is 2.88. The third kappa shape index (κ3) is 5.20. The number of ether oxygens (including phenoxy) is 1. The molecule has 1 aromatic carbocycles. The maximum absolute atomic E-state index is 6.35. The van der Waals surface area contributed by atoms with Crippen molar-refractivity contribution < 1.29 is 9.16 Å². The van der Waals surface area contributed by atoms with Gasteiger partial charge in [-0.1, -0.05) is 42.8 Å². The molecule has 1 rings (SSSR count). The molecule has 0 aliphatic heterocycles. The molecule has 0 spiro atoms. The van der Waals surface area contributed by atoms with Gasteiger partial charge in [-0.25, -0.2) is 0 Å². The van der Waals surface area contributed by atoms with Crippen molar-refractivity contribution in [3.63, 3.8) is 0 Å². The molecule has 0 aromatic heterocycles. The molecule has 0 heterocycles. The molecular formula is C17H29BrO2Si. The van der Waals surface area contributed by atoms with E-state index in [2.05, 4.69) is 74.9 Å². The van der Waals surface area contributed by atoms with Crippen molar-refractivity contribution in [3.8, 4) is 0 Å². The Kier molecular flexibility index (Phi) is 6.66. The van der Waals surface area contributed by atoms with Crippen molar-refractivity contribution in [3.05, 3.63) is 33.8 Å². The van der Waals surface area contributed by atoms with Gasteiger partial charge in [0.15, 0.2) is 8.32 Å². The minimum Gasteiger partial charge on any atom is -0.414 e. The number of benzene rings is 1. The van der Waals surface area contributed by atoms with Gasteiger partial charge >= 0.3 is 0 Å². The highest BCUT2D eigenvalue weighted by Gasteiger charge is 2.37. The summed E-state index contributed by atoms with van der Waals surface area (Å²) in [7, 11) is -1.75. The van der Waals surface area contributed by atoms with E-state index in [0.29, 0.717) is 13.2 Å². The first kappa shape index (κ1) is 18.9. The molecule has 120 valence electrons. The molecule has 0 fully saturated rings. The second-order valence-corrected chi connectivity index (χ2v) is 12.7. The summed E-state index contributed by atoms with van der Waals surface area (Å²) >= 11 is 3.52. The molecular weight excluding hydrogens is 344 g/mol. The minimum absolute atomic E-state index is 0.0113. The van der Waals surface area contributed by atoms with E-state index < -0.39 is 8.32 Å². The predicted octanol–water partition coefficient (Wildman–Crippen LogP) is 5.86. The third-order valence-electron chi connectivity index (χ3n) is 4.35. The van der Waals surface area contributed by atoms with Crippen molar-refractivity contribution >= 4 is 24.2 Å². The first-order valence-corrected chi connectivity index (χ1v) is 11.3. The maximum Gasteiger partial charge on any atom is 0.192 e. The molecule has 0 radical (unpaired) electrons. The standard InChI is InChI=1S/C17H29BrO2Si/c1-8-19-16(12-20-21(6,7)17(3,4)5)15-10-9-14(18)11-13(15)2/h9-11,16H,8,12H2,1-7H3/t16-/m0/s1. The van der Waals surface area contributed by atoms with E-state index in [0.717, 1.165) is 4.47 Å². The van der Waals surface area contributed by atoms with Gasteiger partial charge in [-0.05, 0) is 55.2 Å². The molecule has 2 nitrogen and oxygen atoms in total. The fraction of sp³-hybridized carbons (Fsp3) is 0.647. The number of hydrogen-bond acceptors (Lipinski definition) is 2. The average molecular weight is 373 g/mol. The van der Waals surface area contributed by atoms with Crippen LogP contribution in [-0.4, -0.2) is 21.5 Å². The minimum atomic E-state index is -1.75. The van der Waals surface area contributed by atoms with Gasteiger partial charge in [-0.2, -0.15) is 0 Å². The van der Waals surface area contributed by atoms with Crippen LogP contribution in [-0.2, 0) is 9.16 Å². The second kappa shape index (κ2) is 7.40. The van der Waals surface area contributed by atoms with Crippen LogP contribution >= 0.6 is 15.9 Å². The van der Waals surface area contributed by atoms with Gasteiger partial charge in [0.2, 0.25) is 0 Å². The molecule has 1 atom stereocenters. The van der Waals surface area contributed by atoms with Crippen molar-refractivity contribution in [2.75, 3.05) is 13.2 Å². The Bertz CT molecular complexity index is 466. The summed E-state index contributed by atoms with van der Waals surface area (Å²) in [5.74, 6) is 0. The number of rotatable bonds is 6. The summed E-state index contributed by atoms with van der Waals surface area (Å²) in [6.45, 7) is 16.8. The topological polar surface area (TPSA) is 18.5 Å². The third-order valence-corrected chi connectivity index (χ3v) is 9.34. The van der Waals surface area contributed by atoms with Crippen LogP contribution in [0.5, 0.6) is 0 Å². The monoisotopic (exact) mass is 372 g/mol. The summed E-state index contributed by atoms with van der Waals surface area (Å²) in [5, 5.41) is 0.221. The highest BCUT2D eigenvalue weighted by atomic mass is 79.9. The zero-order valence-corrected chi connectivity index (χ0v) is 17.0. The maximum atomic E-state index is 6.35. The summed E-state index contributed by atoms with van der Waals surface area (Å²) < 4.78 is 13.4. The first-order valence-electron chi connectivity index (χ1n) is 7.60. The Morgan fingerprint density at radius 3 is 2.33 bits per heavy atom. The molecule has 1 aromatic rings. The molecule has 0 saturated carbocycles. The SMILES string of the molecule is CCO[C@@H](CO[Si](C)(C)C(C)(C)C)c1ccc(Br)cc1C. The number of halogens is 1. The summed E-state index contributed by atoms with van der Waals surface area (Å²) in [4.78, 5) is 0. The van der Waals surface area contributed by atoms with Crippen LogP contribution in [0.25, 0.3) is 0 Å². The van der Waals surface area contributed by atoms with E-state index in [1.54, 1.807) is 0 Å². The van der Waals surface area contributed by atoms with Crippen LogP contribution in [0.3, 0.4) is 0 Å². The molecule has 0 N–H and O–H groups in total. The van der Waals surface area contributed by atoms with Crippen molar-refractivity contribution in [1.82, 2.24) is 0 Å². The normalized spacial score (nSPS) is 14.3. The second-order valence-electron chi connectivity index (χ2n) is 7.02. The van der Waals surface area contributed by atoms with Crippen molar-refractivity contribution in [1.29, 1.82) is 0 Å². The number of aryl methyl sites for hydroxylation is 1. The van der Waals surface area contributed by atoms with E-state index in [1.807, 2.05) is 6.92 Å². The largest absolute Gasteiger partial charge is 0.414 e. The van der Waals surface area contributed by atoms with E-state index >= 15 is 0 Å². The van der Waals surface area contributed by atoms with E-state index in [9.17, 15) is 0 Å². The molecule has 4 heteroatoms. The van der Waals surface area contributed by atoms with E-state index in [4.69, 9.17) is 9.16 Å². The van der Waals surface area contributed by atoms with Crippen LogP contribution in [0.15, 0.2) is 22.7 Å². The molecule has 0 saturated heterocycles. The molecule has 0 aliphatic carbocycles. The fourth-order valence-corrected chi connectivity index (χ4v) is 3.41. The van der Waals surface area contributed by atoms with Crippen LogP contribution in [0, 0.1) is 6.92 Å². The predicted molar refractivity (Wildman–Crippen MR) is 96.4 cm³/mol. The summed E-state index contributed by atoms with van der Waals surface area (Å²) in [6.07, 6.45) is 0.0113. The Labute approximate surface area is 139 Å². The molecule has 0 amide bonds. The van der Waals surface area contributed by atoms with Gasteiger partial charge in [0, 0.05) is 11.1 Å². The van der Waals surface area contributed by atoms with Crippen LogP contribution in [0.1, 0.15) is 44.9 Å². The summed E-state index contributed by atoms with van der Waals surface area (Å²) in [5.41, 5.74) is 2.46. The highest BCUT2D eigenvalue weighted by molar-refractivity contribution is 9.10. The van der Waals surface area contributed by atoms with Crippen molar-refractivity contribution in [2.45, 2.75) is 58.9 Å². The lowest BCUT2D eigenvalue weighted by atomic mass is 10.0. The Morgan fingerprint density at radius 1 is 1.24 bits per heavy atom. The van der Waals surface area contributed by atoms with Crippen LogP contribution in [0.4, 0.5) is 0 Å².